The van der Waals surface area contributed by atoms with E-state index < -0.39 is 0 Å². The number of aromatic nitrogens is 1. The fourth-order valence-electron chi connectivity index (χ4n) is 1.32. The van der Waals surface area contributed by atoms with Gasteiger partial charge in [0.25, 0.3) is 0 Å². The van der Waals surface area contributed by atoms with Crippen molar-refractivity contribution >= 4 is 0 Å². The molecule has 1 heterocycles. The van der Waals surface area contributed by atoms with Crippen molar-refractivity contribution in [2.75, 3.05) is 0 Å². The van der Waals surface area contributed by atoms with E-state index in [1.165, 1.54) is 0 Å². The van der Waals surface area contributed by atoms with Gasteiger partial charge in [0.2, 0.25) is 0 Å². The molecule has 0 unspecified atom stereocenters. The van der Waals surface area contributed by atoms with Crippen molar-refractivity contribution in [2.24, 2.45) is 5.73 Å². The molecule has 69 valence electrons. The van der Waals surface area contributed by atoms with Gasteiger partial charge in [0.15, 0.2) is 0 Å². The Balaban J connectivity index is 2.42. The molecule has 2 aromatic rings. The van der Waals surface area contributed by atoms with Gasteiger partial charge in [-0.3, -0.25) is 4.98 Å². The average Bonchev–Trinajstić information content (AvgIpc) is 2.30. The molecule has 0 saturated carbocycles. The van der Waals surface area contributed by atoms with Crippen molar-refractivity contribution in [3.8, 4) is 11.3 Å². The normalized spacial score (nSPS) is 10.1. The molecule has 0 spiro atoms. The minimum atomic E-state index is 0.550. The fourth-order valence-corrected chi connectivity index (χ4v) is 1.32. The van der Waals surface area contributed by atoms with Gasteiger partial charge in [0, 0.05) is 18.3 Å². The number of rotatable bonds is 2. The maximum atomic E-state index is 5.56. The topological polar surface area (TPSA) is 38.9 Å². The molecule has 2 N–H and O–H groups in total. The van der Waals surface area contributed by atoms with Crippen molar-refractivity contribution < 1.29 is 0 Å². The highest BCUT2D eigenvalue weighted by molar-refractivity contribution is 5.59. The Morgan fingerprint density at radius 2 is 2.00 bits per heavy atom. The van der Waals surface area contributed by atoms with E-state index in [0.29, 0.717) is 6.54 Å². The van der Waals surface area contributed by atoms with Crippen LogP contribution in [-0.4, -0.2) is 4.98 Å². The third-order valence-electron chi connectivity index (χ3n) is 2.07. The first-order valence-electron chi connectivity index (χ1n) is 4.51. The second kappa shape index (κ2) is 4.03. The first-order chi connectivity index (χ1) is 6.90. The third-order valence-corrected chi connectivity index (χ3v) is 2.07. The van der Waals surface area contributed by atoms with E-state index in [1.807, 2.05) is 36.4 Å². The smallest absolute Gasteiger partial charge is 0.0705 e. The first-order valence-corrected chi connectivity index (χ1v) is 4.51. The number of nitrogens with zero attached hydrogens (tertiary/aromatic N) is 1. The molecule has 0 fully saturated rings. The molecule has 1 radical (unpaired) electrons. The summed E-state index contributed by atoms with van der Waals surface area (Å²) in [4.78, 5) is 4.29. The van der Waals surface area contributed by atoms with Crippen LogP contribution in [0.5, 0.6) is 0 Å². The molecular weight excluding hydrogens is 172 g/mol. The second-order valence-corrected chi connectivity index (χ2v) is 3.04. The predicted octanol–water partition coefficient (Wildman–Crippen LogP) is 2.01. The van der Waals surface area contributed by atoms with E-state index in [1.54, 1.807) is 6.20 Å². The van der Waals surface area contributed by atoms with Crippen LogP contribution in [0.15, 0.2) is 42.6 Å². The van der Waals surface area contributed by atoms with Crippen LogP contribution in [0.3, 0.4) is 0 Å². The summed E-state index contributed by atoms with van der Waals surface area (Å²) in [6.45, 7) is 0.550. The highest BCUT2D eigenvalue weighted by Gasteiger charge is 1.98. The molecule has 14 heavy (non-hydrogen) atoms. The van der Waals surface area contributed by atoms with Gasteiger partial charge >= 0.3 is 0 Å². The molecule has 0 bridgehead atoms. The Morgan fingerprint density at radius 1 is 1.21 bits per heavy atom. The highest BCUT2D eigenvalue weighted by atomic mass is 14.7. The lowest BCUT2D eigenvalue weighted by Gasteiger charge is -2.01. The average molecular weight is 183 g/mol. The van der Waals surface area contributed by atoms with Crippen molar-refractivity contribution in [1.29, 1.82) is 0 Å². The lowest BCUT2D eigenvalue weighted by Crippen LogP contribution is -1.96. The molecule has 2 nitrogen and oxygen atoms in total. The Hall–Kier alpha value is -1.67. The third kappa shape index (κ3) is 1.80. The van der Waals surface area contributed by atoms with E-state index in [-0.39, 0.29) is 0 Å². The summed E-state index contributed by atoms with van der Waals surface area (Å²) in [5.74, 6) is 0. The Bertz CT molecular complexity index is 410. The largest absolute Gasteiger partial charge is 0.326 e. The predicted molar refractivity (Wildman–Crippen MR) is 56.4 cm³/mol. The fraction of sp³-hybridized carbons (Fsp3) is 0.0833. The minimum Gasteiger partial charge on any atom is -0.326 e. The maximum absolute atomic E-state index is 5.56. The van der Waals surface area contributed by atoms with Crippen molar-refractivity contribution in [1.82, 2.24) is 4.98 Å². The van der Waals surface area contributed by atoms with Crippen LogP contribution in [0.4, 0.5) is 0 Å². The Labute approximate surface area is 83.4 Å². The van der Waals surface area contributed by atoms with Gasteiger partial charge in [0.05, 0.1) is 5.69 Å². The number of pyridine rings is 1. The van der Waals surface area contributed by atoms with Gasteiger partial charge in [-0.25, -0.2) is 0 Å². The van der Waals surface area contributed by atoms with Crippen molar-refractivity contribution in [2.45, 2.75) is 6.54 Å². The van der Waals surface area contributed by atoms with Gasteiger partial charge in [-0.2, -0.15) is 0 Å². The number of hydrogen-bond acceptors (Lipinski definition) is 2. The Kier molecular flexibility index (Phi) is 2.56. The number of hydrogen-bond donors (Lipinski definition) is 1. The summed E-state index contributed by atoms with van der Waals surface area (Å²) in [7, 11) is 0. The standard InChI is InChI=1S/C12H11N2/c13-9-10-6-7-14-12(8-10)11-4-2-1-3-5-11/h2-8H,9,13H2. The van der Waals surface area contributed by atoms with E-state index >= 15 is 0 Å². The molecular formula is C12H11N2. The van der Waals surface area contributed by atoms with Crippen LogP contribution in [-0.2, 0) is 6.54 Å². The molecule has 0 aliphatic carbocycles. The molecule has 0 aliphatic heterocycles. The van der Waals surface area contributed by atoms with Gasteiger partial charge in [-0.05, 0) is 23.8 Å². The highest BCUT2D eigenvalue weighted by Crippen LogP contribution is 2.16. The van der Waals surface area contributed by atoms with Gasteiger partial charge in [-0.15, -0.1) is 0 Å². The van der Waals surface area contributed by atoms with Crippen LogP contribution < -0.4 is 5.73 Å². The van der Waals surface area contributed by atoms with Crippen LogP contribution >= 0.6 is 0 Å². The van der Waals surface area contributed by atoms with E-state index in [0.717, 1.165) is 16.8 Å². The second-order valence-electron chi connectivity index (χ2n) is 3.04. The van der Waals surface area contributed by atoms with Gasteiger partial charge in [-0.1, -0.05) is 24.3 Å². The summed E-state index contributed by atoms with van der Waals surface area (Å²) in [6, 6.07) is 14.7. The molecule has 0 atom stereocenters. The minimum absolute atomic E-state index is 0.550. The zero-order chi connectivity index (χ0) is 9.80. The summed E-state index contributed by atoms with van der Waals surface area (Å²) in [6.07, 6.45) is 1.79. The lowest BCUT2D eigenvalue weighted by molar-refractivity contribution is 1.06. The zero-order valence-corrected chi connectivity index (χ0v) is 7.77. The monoisotopic (exact) mass is 183 g/mol. The molecule has 1 aromatic carbocycles. The summed E-state index contributed by atoms with van der Waals surface area (Å²) in [5, 5.41) is 0. The Morgan fingerprint density at radius 3 is 2.71 bits per heavy atom. The maximum Gasteiger partial charge on any atom is 0.0705 e. The first kappa shape index (κ1) is 8.91. The quantitative estimate of drug-likeness (QED) is 0.773. The van der Waals surface area contributed by atoms with Crippen molar-refractivity contribution in [3.63, 3.8) is 0 Å². The lowest BCUT2D eigenvalue weighted by atomic mass is 10.1. The van der Waals surface area contributed by atoms with Crippen LogP contribution in [0.2, 0.25) is 0 Å². The van der Waals surface area contributed by atoms with Gasteiger partial charge in [0.1, 0.15) is 0 Å². The zero-order valence-electron chi connectivity index (χ0n) is 7.77. The summed E-state index contributed by atoms with van der Waals surface area (Å²) in [5.41, 5.74) is 8.72. The van der Waals surface area contributed by atoms with Gasteiger partial charge < -0.3 is 5.73 Å². The molecule has 0 aliphatic rings. The van der Waals surface area contributed by atoms with E-state index in [9.17, 15) is 0 Å². The van der Waals surface area contributed by atoms with Crippen LogP contribution in [0.25, 0.3) is 11.3 Å². The molecule has 2 rings (SSSR count). The molecule has 0 amide bonds. The van der Waals surface area contributed by atoms with Crippen molar-refractivity contribution in [3.05, 3.63) is 54.2 Å². The molecule has 2 heteroatoms. The van der Waals surface area contributed by atoms with E-state index in [2.05, 4.69) is 11.1 Å². The number of benzene rings is 1. The molecule has 1 aromatic heterocycles. The van der Waals surface area contributed by atoms with Crippen LogP contribution in [0.1, 0.15) is 5.56 Å². The SMILES string of the molecule is NCc1ccnc(-c2cc[c]cc2)c1. The van der Waals surface area contributed by atoms with Crippen LogP contribution in [0, 0.1) is 6.07 Å². The number of nitrogens with two attached hydrogens (primary N) is 1. The van der Waals surface area contributed by atoms with E-state index in [4.69, 9.17) is 5.73 Å². The molecule has 0 saturated heterocycles. The summed E-state index contributed by atoms with van der Waals surface area (Å²) < 4.78 is 0. The summed E-state index contributed by atoms with van der Waals surface area (Å²) >= 11 is 0.